The Hall–Kier alpha value is -3.26. The van der Waals surface area contributed by atoms with Crippen LogP contribution in [0, 0.1) is 11.6 Å². The van der Waals surface area contributed by atoms with Crippen LogP contribution in [0.4, 0.5) is 14.5 Å². The van der Waals surface area contributed by atoms with Crippen molar-refractivity contribution in [2.45, 2.75) is 13.0 Å². The molecule has 1 heterocycles. The maximum atomic E-state index is 13.9. The Morgan fingerprint density at radius 2 is 1.93 bits per heavy atom. The van der Waals surface area contributed by atoms with Crippen molar-refractivity contribution in [1.82, 2.24) is 14.7 Å². The summed E-state index contributed by atoms with van der Waals surface area (Å²) in [6, 6.07) is 12.4. The number of carbonyl (C=O) groups is 1. The molecule has 0 atom stereocenters. The highest BCUT2D eigenvalue weighted by molar-refractivity contribution is 6.32. The summed E-state index contributed by atoms with van der Waals surface area (Å²) in [4.78, 5) is 26.3. The molecule has 1 N–H and O–H groups in total. The van der Waals surface area contributed by atoms with Gasteiger partial charge in [0.15, 0.2) is 5.82 Å². The fraction of sp³-hybridized carbons (Fsp3) is 0.190. The topological polar surface area (TPSA) is 67.2 Å². The summed E-state index contributed by atoms with van der Waals surface area (Å²) < 4.78 is 27.8. The van der Waals surface area contributed by atoms with Crippen LogP contribution in [0.25, 0.3) is 5.69 Å². The van der Waals surface area contributed by atoms with Crippen LogP contribution in [-0.2, 0) is 11.3 Å². The molecular weight excluding hydrogens is 414 g/mol. The first kappa shape index (κ1) is 21.4. The van der Waals surface area contributed by atoms with Gasteiger partial charge in [-0.2, -0.15) is 9.78 Å². The first-order valence-corrected chi connectivity index (χ1v) is 9.49. The summed E-state index contributed by atoms with van der Waals surface area (Å²) in [5.74, 6) is -1.79. The zero-order chi connectivity index (χ0) is 21.7. The summed E-state index contributed by atoms with van der Waals surface area (Å²) in [5.41, 5.74) is 0.261. The SMILES string of the molecule is CN(Cc1ccccc1)C(=O)CCNc1cnn(-c2ccc(F)cc2F)c(=O)c1Cl. The summed E-state index contributed by atoms with van der Waals surface area (Å²) in [7, 11) is 1.71. The number of hydrogen-bond donors (Lipinski definition) is 1. The summed E-state index contributed by atoms with van der Waals surface area (Å²) >= 11 is 6.09. The third-order valence-electron chi connectivity index (χ3n) is 4.40. The van der Waals surface area contributed by atoms with Crippen LogP contribution in [0.5, 0.6) is 0 Å². The van der Waals surface area contributed by atoms with E-state index in [0.29, 0.717) is 12.6 Å². The van der Waals surface area contributed by atoms with E-state index in [-0.39, 0.29) is 35.3 Å². The second kappa shape index (κ2) is 9.49. The Kier molecular flexibility index (Phi) is 6.79. The van der Waals surface area contributed by atoms with Gasteiger partial charge in [-0.15, -0.1) is 0 Å². The molecule has 0 aliphatic rings. The number of anilines is 1. The molecule has 3 rings (SSSR count). The van der Waals surface area contributed by atoms with E-state index in [1.54, 1.807) is 11.9 Å². The second-order valence-electron chi connectivity index (χ2n) is 6.60. The van der Waals surface area contributed by atoms with E-state index in [1.807, 2.05) is 30.3 Å². The molecule has 0 fully saturated rings. The van der Waals surface area contributed by atoms with Crippen molar-refractivity contribution in [2.24, 2.45) is 0 Å². The first-order chi connectivity index (χ1) is 14.4. The third kappa shape index (κ3) is 5.01. The standard InChI is InChI=1S/C21H19ClF2N4O2/c1-27(13-14-5-3-2-4-6-14)19(29)9-10-25-17-12-26-28(21(30)20(17)22)18-8-7-15(23)11-16(18)24/h2-8,11-12,25H,9-10,13H2,1H3. The van der Waals surface area contributed by atoms with Crippen molar-refractivity contribution < 1.29 is 13.6 Å². The van der Waals surface area contributed by atoms with Crippen LogP contribution in [0.1, 0.15) is 12.0 Å². The molecule has 0 spiro atoms. The van der Waals surface area contributed by atoms with Gasteiger partial charge in [0.05, 0.1) is 11.9 Å². The van der Waals surface area contributed by atoms with Crippen LogP contribution in [0.15, 0.2) is 59.5 Å². The van der Waals surface area contributed by atoms with E-state index in [9.17, 15) is 18.4 Å². The van der Waals surface area contributed by atoms with Crippen LogP contribution < -0.4 is 10.9 Å². The van der Waals surface area contributed by atoms with E-state index in [1.165, 1.54) is 6.20 Å². The number of nitrogens with one attached hydrogen (secondary N) is 1. The summed E-state index contributed by atoms with van der Waals surface area (Å²) in [6.45, 7) is 0.717. The molecule has 1 amide bonds. The van der Waals surface area contributed by atoms with Gasteiger partial charge in [0.2, 0.25) is 5.91 Å². The van der Waals surface area contributed by atoms with Crippen molar-refractivity contribution in [2.75, 3.05) is 18.9 Å². The highest BCUT2D eigenvalue weighted by Gasteiger charge is 2.15. The second-order valence-corrected chi connectivity index (χ2v) is 6.98. The van der Waals surface area contributed by atoms with E-state index >= 15 is 0 Å². The Bertz CT molecular complexity index is 1110. The fourth-order valence-electron chi connectivity index (χ4n) is 2.82. The van der Waals surface area contributed by atoms with Crippen molar-refractivity contribution in [3.63, 3.8) is 0 Å². The molecule has 0 radical (unpaired) electrons. The van der Waals surface area contributed by atoms with Crippen molar-refractivity contribution in [3.8, 4) is 5.69 Å². The molecule has 6 nitrogen and oxygen atoms in total. The normalized spacial score (nSPS) is 10.7. The molecule has 1 aromatic heterocycles. The van der Waals surface area contributed by atoms with E-state index in [4.69, 9.17) is 11.6 Å². The molecular formula is C21H19ClF2N4O2. The monoisotopic (exact) mass is 432 g/mol. The molecule has 0 bridgehead atoms. The lowest BCUT2D eigenvalue weighted by molar-refractivity contribution is -0.130. The molecule has 9 heteroatoms. The van der Waals surface area contributed by atoms with Gasteiger partial charge >= 0.3 is 0 Å². The van der Waals surface area contributed by atoms with Gasteiger partial charge in [0.1, 0.15) is 16.5 Å². The van der Waals surface area contributed by atoms with E-state index < -0.39 is 17.2 Å². The van der Waals surface area contributed by atoms with Gasteiger partial charge in [-0.3, -0.25) is 9.59 Å². The average Bonchev–Trinajstić information content (AvgIpc) is 2.72. The lowest BCUT2D eigenvalue weighted by atomic mass is 10.2. The number of halogens is 3. The average molecular weight is 433 g/mol. The number of amides is 1. The maximum Gasteiger partial charge on any atom is 0.292 e. The lowest BCUT2D eigenvalue weighted by Gasteiger charge is -2.18. The first-order valence-electron chi connectivity index (χ1n) is 9.12. The quantitative estimate of drug-likeness (QED) is 0.619. The van der Waals surface area contributed by atoms with Crippen molar-refractivity contribution >= 4 is 23.2 Å². The van der Waals surface area contributed by atoms with Crippen molar-refractivity contribution in [3.05, 3.63) is 87.3 Å². The molecule has 0 aliphatic heterocycles. The van der Waals surface area contributed by atoms with Gasteiger partial charge in [-0.1, -0.05) is 41.9 Å². The van der Waals surface area contributed by atoms with Crippen LogP contribution >= 0.6 is 11.6 Å². The van der Waals surface area contributed by atoms with E-state index in [2.05, 4.69) is 10.4 Å². The van der Waals surface area contributed by atoms with Crippen LogP contribution in [0.3, 0.4) is 0 Å². The number of rotatable bonds is 7. The van der Waals surface area contributed by atoms with Gasteiger partial charge in [-0.25, -0.2) is 8.78 Å². The third-order valence-corrected chi connectivity index (χ3v) is 4.76. The van der Waals surface area contributed by atoms with Gasteiger partial charge in [-0.05, 0) is 17.7 Å². The minimum absolute atomic E-state index is 0.0860. The van der Waals surface area contributed by atoms with Gasteiger partial charge in [0.25, 0.3) is 5.56 Å². The Balaban J connectivity index is 1.63. The van der Waals surface area contributed by atoms with Crippen LogP contribution in [0.2, 0.25) is 5.02 Å². The fourth-order valence-corrected chi connectivity index (χ4v) is 3.02. The predicted octanol–water partition coefficient (Wildman–Crippen LogP) is 3.62. The highest BCUT2D eigenvalue weighted by Crippen LogP contribution is 2.18. The lowest BCUT2D eigenvalue weighted by Crippen LogP contribution is -2.28. The Labute approximate surface area is 176 Å². The maximum absolute atomic E-state index is 13.9. The molecule has 0 aliphatic carbocycles. The molecule has 0 unspecified atom stereocenters. The van der Waals surface area contributed by atoms with Crippen LogP contribution in [-0.4, -0.2) is 34.2 Å². The zero-order valence-electron chi connectivity index (χ0n) is 16.1. The summed E-state index contributed by atoms with van der Waals surface area (Å²) in [6.07, 6.45) is 1.43. The summed E-state index contributed by atoms with van der Waals surface area (Å²) in [5, 5.41) is 6.58. The van der Waals surface area contributed by atoms with Gasteiger partial charge < -0.3 is 10.2 Å². The predicted molar refractivity (Wildman–Crippen MR) is 111 cm³/mol. The highest BCUT2D eigenvalue weighted by atomic mass is 35.5. The molecule has 0 saturated heterocycles. The minimum atomic E-state index is -0.937. The Morgan fingerprint density at radius 3 is 2.63 bits per heavy atom. The van der Waals surface area contributed by atoms with Crippen molar-refractivity contribution in [1.29, 1.82) is 0 Å². The molecule has 2 aromatic carbocycles. The number of hydrogen-bond acceptors (Lipinski definition) is 4. The minimum Gasteiger partial charge on any atom is -0.382 e. The van der Waals surface area contributed by atoms with Gasteiger partial charge in [0, 0.05) is 32.6 Å². The Morgan fingerprint density at radius 1 is 1.20 bits per heavy atom. The van der Waals surface area contributed by atoms with E-state index in [0.717, 1.165) is 22.4 Å². The number of benzene rings is 2. The number of carbonyl (C=O) groups excluding carboxylic acids is 1. The zero-order valence-corrected chi connectivity index (χ0v) is 16.9. The molecule has 156 valence electrons. The smallest absolute Gasteiger partial charge is 0.292 e. The number of aromatic nitrogens is 2. The molecule has 3 aromatic rings. The largest absolute Gasteiger partial charge is 0.382 e. The molecule has 30 heavy (non-hydrogen) atoms. The number of nitrogens with zero attached hydrogens (tertiary/aromatic N) is 3. The molecule has 0 saturated carbocycles.